The lowest BCUT2D eigenvalue weighted by atomic mass is 10.0. The molecule has 0 radical (unpaired) electrons. The van der Waals surface area contributed by atoms with E-state index in [1.54, 1.807) is 7.05 Å². The molecule has 1 heterocycles. The second kappa shape index (κ2) is 4.85. The second-order valence-corrected chi connectivity index (χ2v) is 6.75. The van der Waals surface area contributed by atoms with E-state index in [0.717, 1.165) is 5.33 Å². The molecule has 0 unspecified atom stereocenters. The number of nitrogens with zero attached hydrogens (tertiary/aromatic N) is 2. The van der Waals surface area contributed by atoms with E-state index in [4.69, 9.17) is 0 Å². The molecule has 16 heavy (non-hydrogen) atoms. The molecule has 1 rings (SSSR count). The van der Waals surface area contributed by atoms with Gasteiger partial charge >= 0.3 is 0 Å². The molecule has 1 aromatic rings. The maximum atomic E-state index is 12.0. The SMILES string of the molecule is Cn1cc(S(=O)(=O)NC(C)(C)CCBr)cn1. The third-order valence-electron chi connectivity index (χ3n) is 2.12. The Bertz CT molecular complexity index is 453. The third-order valence-corrected chi connectivity index (χ3v) is 4.17. The fourth-order valence-corrected chi connectivity index (χ4v) is 3.66. The molecule has 0 aromatic carbocycles. The molecule has 0 atom stereocenters. The van der Waals surface area contributed by atoms with Crippen LogP contribution in [-0.4, -0.2) is 29.1 Å². The zero-order valence-corrected chi connectivity index (χ0v) is 12.0. The van der Waals surface area contributed by atoms with Crippen molar-refractivity contribution in [2.24, 2.45) is 7.05 Å². The largest absolute Gasteiger partial charge is 0.274 e. The van der Waals surface area contributed by atoms with E-state index in [2.05, 4.69) is 25.8 Å². The number of alkyl halides is 1. The van der Waals surface area contributed by atoms with Gasteiger partial charge in [-0.3, -0.25) is 4.68 Å². The Hall–Kier alpha value is -0.400. The van der Waals surface area contributed by atoms with Crippen LogP contribution in [0.3, 0.4) is 0 Å². The fraction of sp³-hybridized carbons (Fsp3) is 0.667. The minimum absolute atomic E-state index is 0.192. The van der Waals surface area contributed by atoms with Crippen LogP contribution in [0.25, 0.3) is 0 Å². The Kier molecular flexibility index (Phi) is 4.14. The van der Waals surface area contributed by atoms with Gasteiger partial charge in [0.05, 0.1) is 6.20 Å². The number of aryl methyl sites for hydroxylation is 1. The summed E-state index contributed by atoms with van der Waals surface area (Å²) in [5.41, 5.74) is -0.474. The van der Waals surface area contributed by atoms with Gasteiger partial charge in [-0.2, -0.15) is 5.10 Å². The van der Waals surface area contributed by atoms with Crippen LogP contribution in [0.2, 0.25) is 0 Å². The van der Waals surface area contributed by atoms with Gasteiger partial charge in [-0.1, -0.05) is 15.9 Å². The van der Waals surface area contributed by atoms with Gasteiger partial charge in [0.25, 0.3) is 0 Å². The zero-order chi connectivity index (χ0) is 12.4. The number of aromatic nitrogens is 2. The van der Waals surface area contributed by atoms with Gasteiger partial charge in [-0.15, -0.1) is 0 Å². The monoisotopic (exact) mass is 309 g/mol. The first-order chi connectivity index (χ1) is 7.27. The van der Waals surface area contributed by atoms with Crippen molar-refractivity contribution in [3.63, 3.8) is 0 Å². The van der Waals surface area contributed by atoms with Crippen LogP contribution >= 0.6 is 15.9 Å². The van der Waals surface area contributed by atoms with Crippen molar-refractivity contribution in [3.8, 4) is 0 Å². The Balaban J connectivity index is 2.88. The molecule has 0 aliphatic carbocycles. The summed E-state index contributed by atoms with van der Waals surface area (Å²) in [6.07, 6.45) is 3.53. The van der Waals surface area contributed by atoms with Gasteiger partial charge in [-0.25, -0.2) is 13.1 Å². The smallest absolute Gasteiger partial charge is 0.244 e. The van der Waals surface area contributed by atoms with Gasteiger partial charge in [-0.05, 0) is 20.3 Å². The molecule has 0 saturated carbocycles. The van der Waals surface area contributed by atoms with Crippen molar-refractivity contribution in [2.45, 2.75) is 30.7 Å². The van der Waals surface area contributed by atoms with Crippen molar-refractivity contribution in [1.29, 1.82) is 0 Å². The lowest BCUT2D eigenvalue weighted by molar-refractivity contribution is 0.443. The van der Waals surface area contributed by atoms with Crippen LogP contribution in [0.4, 0.5) is 0 Å². The van der Waals surface area contributed by atoms with Crippen LogP contribution < -0.4 is 4.72 Å². The van der Waals surface area contributed by atoms with Crippen LogP contribution in [0.15, 0.2) is 17.3 Å². The highest BCUT2D eigenvalue weighted by atomic mass is 79.9. The molecular weight excluding hydrogens is 294 g/mol. The summed E-state index contributed by atoms with van der Waals surface area (Å²) in [5.74, 6) is 0. The second-order valence-electron chi connectivity index (χ2n) is 4.28. The van der Waals surface area contributed by atoms with Gasteiger partial charge in [0.1, 0.15) is 4.90 Å². The molecule has 5 nitrogen and oxygen atoms in total. The lowest BCUT2D eigenvalue weighted by Gasteiger charge is -2.24. The van der Waals surface area contributed by atoms with Crippen molar-refractivity contribution >= 4 is 26.0 Å². The van der Waals surface area contributed by atoms with Crippen molar-refractivity contribution in [2.75, 3.05) is 5.33 Å². The molecular formula is C9H16BrN3O2S. The van der Waals surface area contributed by atoms with E-state index in [1.165, 1.54) is 17.1 Å². The first kappa shape index (κ1) is 13.7. The summed E-state index contributed by atoms with van der Waals surface area (Å²) in [6.45, 7) is 3.70. The number of nitrogens with one attached hydrogen (secondary N) is 1. The summed E-state index contributed by atoms with van der Waals surface area (Å²) in [6, 6.07) is 0. The zero-order valence-electron chi connectivity index (χ0n) is 9.57. The van der Waals surface area contributed by atoms with Crippen LogP contribution in [0, 0.1) is 0 Å². The Morgan fingerprint density at radius 3 is 2.62 bits per heavy atom. The Morgan fingerprint density at radius 2 is 2.19 bits per heavy atom. The van der Waals surface area contributed by atoms with E-state index in [9.17, 15) is 8.42 Å². The van der Waals surface area contributed by atoms with Gasteiger partial charge in [0.15, 0.2) is 0 Å². The van der Waals surface area contributed by atoms with Crippen molar-refractivity contribution in [1.82, 2.24) is 14.5 Å². The average Bonchev–Trinajstić information content (AvgIpc) is 2.49. The Labute approximate surface area is 104 Å². The molecule has 0 aliphatic heterocycles. The quantitative estimate of drug-likeness (QED) is 0.833. The summed E-state index contributed by atoms with van der Waals surface area (Å²) in [7, 11) is -1.79. The number of halogens is 1. The normalized spacial score (nSPS) is 13.0. The van der Waals surface area contributed by atoms with E-state index in [1.807, 2.05) is 13.8 Å². The first-order valence-electron chi connectivity index (χ1n) is 4.85. The molecule has 0 amide bonds. The minimum atomic E-state index is -3.47. The summed E-state index contributed by atoms with van der Waals surface area (Å²) in [4.78, 5) is 0.192. The molecule has 1 aromatic heterocycles. The predicted molar refractivity (Wildman–Crippen MR) is 66.0 cm³/mol. The predicted octanol–water partition coefficient (Wildman–Crippen LogP) is 1.26. The molecule has 0 aliphatic rings. The fourth-order valence-electron chi connectivity index (χ4n) is 1.25. The van der Waals surface area contributed by atoms with Crippen LogP contribution in [0.1, 0.15) is 20.3 Å². The molecule has 1 N–H and O–H groups in total. The number of sulfonamides is 1. The number of rotatable bonds is 5. The van der Waals surface area contributed by atoms with Gasteiger partial charge in [0, 0.05) is 24.1 Å². The van der Waals surface area contributed by atoms with Gasteiger partial charge in [0.2, 0.25) is 10.0 Å². The number of hydrogen-bond donors (Lipinski definition) is 1. The van der Waals surface area contributed by atoms with E-state index in [0.29, 0.717) is 6.42 Å². The maximum Gasteiger partial charge on any atom is 0.244 e. The topological polar surface area (TPSA) is 64.0 Å². The average molecular weight is 310 g/mol. The molecule has 92 valence electrons. The van der Waals surface area contributed by atoms with E-state index >= 15 is 0 Å². The molecule has 7 heteroatoms. The van der Waals surface area contributed by atoms with Crippen LogP contribution in [0.5, 0.6) is 0 Å². The van der Waals surface area contributed by atoms with E-state index in [-0.39, 0.29) is 4.90 Å². The standard InChI is InChI=1S/C9H16BrN3O2S/c1-9(2,4-5-10)12-16(14,15)8-6-11-13(3)7-8/h6-7,12H,4-5H2,1-3H3. The highest BCUT2D eigenvalue weighted by Crippen LogP contribution is 2.15. The van der Waals surface area contributed by atoms with Crippen LogP contribution in [-0.2, 0) is 17.1 Å². The third kappa shape index (κ3) is 3.57. The summed E-state index contributed by atoms with van der Waals surface area (Å²) < 4.78 is 28.0. The summed E-state index contributed by atoms with van der Waals surface area (Å²) in [5, 5.41) is 4.59. The highest BCUT2D eigenvalue weighted by Gasteiger charge is 2.26. The van der Waals surface area contributed by atoms with E-state index < -0.39 is 15.6 Å². The summed E-state index contributed by atoms with van der Waals surface area (Å²) >= 11 is 3.30. The molecule has 0 saturated heterocycles. The molecule has 0 fully saturated rings. The van der Waals surface area contributed by atoms with Crippen molar-refractivity contribution < 1.29 is 8.42 Å². The lowest BCUT2D eigenvalue weighted by Crippen LogP contribution is -2.43. The van der Waals surface area contributed by atoms with Gasteiger partial charge < -0.3 is 0 Å². The Morgan fingerprint density at radius 1 is 1.56 bits per heavy atom. The minimum Gasteiger partial charge on any atom is -0.274 e. The van der Waals surface area contributed by atoms with Crippen molar-refractivity contribution in [3.05, 3.63) is 12.4 Å². The first-order valence-corrected chi connectivity index (χ1v) is 7.46. The maximum absolute atomic E-state index is 12.0. The number of hydrogen-bond acceptors (Lipinski definition) is 3. The molecule has 0 spiro atoms. The highest BCUT2D eigenvalue weighted by molar-refractivity contribution is 9.09. The molecule has 0 bridgehead atoms.